The van der Waals surface area contributed by atoms with Crippen molar-refractivity contribution in [2.24, 2.45) is 46.3 Å². The Labute approximate surface area is 256 Å². The summed E-state index contributed by atoms with van der Waals surface area (Å²) < 4.78 is 23.7. The van der Waals surface area contributed by atoms with E-state index >= 15 is 0 Å². The number of cyclic esters (lactones) is 1. The molecule has 0 radical (unpaired) electrons. The van der Waals surface area contributed by atoms with Crippen LogP contribution in [0.15, 0.2) is 23.2 Å². The number of carbonyl (C=O) groups is 1. The van der Waals surface area contributed by atoms with Gasteiger partial charge in [-0.25, -0.2) is 9.36 Å². The summed E-state index contributed by atoms with van der Waals surface area (Å²) in [6.45, 7) is 11.1. The van der Waals surface area contributed by atoms with Gasteiger partial charge in [-0.3, -0.25) is 0 Å². The van der Waals surface area contributed by atoms with E-state index < -0.39 is 49.2 Å². The van der Waals surface area contributed by atoms with Gasteiger partial charge in [-0.15, -0.1) is 0 Å². The van der Waals surface area contributed by atoms with Gasteiger partial charge in [0.05, 0.1) is 6.61 Å². The summed E-state index contributed by atoms with van der Waals surface area (Å²) >= 11 is 0. The molecule has 5 aliphatic rings. The molecule has 3 fully saturated rings. The Hall–Kier alpha value is -1.38. The van der Waals surface area contributed by atoms with Gasteiger partial charge in [-0.1, -0.05) is 65.5 Å². The van der Waals surface area contributed by atoms with Crippen molar-refractivity contribution in [1.82, 2.24) is 0 Å². The number of aliphatic hydroxyl groups is 4. The first-order valence-corrected chi connectivity index (χ1v) is 18.0. The molecule has 10 heteroatoms. The molecule has 11 atom stereocenters. The van der Waals surface area contributed by atoms with Crippen LogP contribution in [0.4, 0.5) is 0 Å². The molecule has 0 bridgehead atoms. The zero-order chi connectivity index (χ0) is 31.5. The first-order chi connectivity index (χ1) is 20.1. The summed E-state index contributed by atoms with van der Waals surface area (Å²) in [6, 6.07) is 0. The molecule has 0 spiro atoms. The van der Waals surface area contributed by atoms with Crippen molar-refractivity contribution in [2.75, 3.05) is 6.61 Å². The minimum Gasteiger partial charge on any atom is -0.499 e. The van der Waals surface area contributed by atoms with Crippen molar-refractivity contribution in [2.45, 2.75) is 123 Å². The summed E-state index contributed by atoms with van der Waals surface area (Å²) in [4.78, 5) is 23.0. The second-order valence-electron chi connectivity index (χ2n) is 15.3. The number of carbonyl (C=O) groups excluding carboxylic acids is 1. The fourth-order valence-electron chi connectivity index (χ4n) is 10.0. The molecule has 0 amide bonds. The van der Waals surface area contributed by atoms with Crippen LogP contribution < -0.4 is 0 Å². The Bertz CT molecular complexity index is 1200. The quantitative estimate of drug-likeness (QED) is 0.112. The highest BCUT2D eigenvalue weighted by molar-refractivity contribution is 7.54. The molecule has 1 heterocycles. The van der Waals surface area contributed by atoms with Crippen LogP contribution in [0.25, 0.3) is 0 Å². The molecule has 5 N–H and O–H groups in total. The molecular formula is C33H53O9P. The normalized spacial score (nSPS) is 42.0. The molecule has 43 heavy (non-hydrogen) atoms. The minimum absolute atomic E-state index is 0.0192. The maximum absolute atomic E-state index is 13.6. The van der Waals surface area contributed by atoms with Gasteiger partial charge in [0.25, 0.3) is 0 Å². The molecule has 9 nitrogen and oxygen atoms in total. The Kier molecular flexibility index (Phi) is 9.03. The van der Waals surface area contributed by atoms with E-state index in [4.69, 9.17) is 9.26 Å². The molecule has 0 aromatic rings. The van der Waals surface area contributed by atoms with Crippen LogP contribution in [-0.2, 0) is 18.6 Å². The van der Waals surface area contributed by atoms with Crippen molar-refractivity contribution in [3.63, 3.8) is 0 Å². The SMILES string of the molecule is CC(C)CCC[C@@H](C)[C@H]1CCC2C3CC=C4CC(O)(P(=O)(O)OC5=C(O)C(=O)O[C@@H]5[C@@H](O)CO)CC[C@]4(C)C3CC[C@@]21C. The molecule has 5 unspecified atom stereocenters. The van der Waals surface area contributed by atoms with Crippen LogP contribution in [0.1, 0.15) is 105 Å². The number of aliphatic hydroxyl groups excluding tert-OH is 3. The van der Waals surface area contributed by atoms with E-state index in [9.17, 15) is 34.7 Å². The zero-order valence-corrected chi connectivity index (χ0v) is 27.4. The van der Waals surface area contributed by atoms with Crippen molar-refractivity contribution < 1.29 is 43.9 Å². The van der Waals surface area contributed by atoms with Crippen LogP contribution in [-0.4, -0.2) is 55.4 Å². The molecule has 1 aliphatic heterocycles. The number of rotatable bonds is 10. The molecule has 5 rings (SSSR count). The van der Waals surface area contributed by atoms with Crippen LogP contribution in [0, 0.1) is 46.3 Å². The van der Waals surface area contributed by atoms with Crippen LogP contribution in [0.5, 0.6) is 0 Å². The third kappa shape index (κ3) is 5.54. The number of hydrogen-bond donors (Lipinski definition) is 5. The van der Waals surface area contributed by atoms with Gasteiger partial charge >= 0.3 is 13.6 Å². The molecule has 0 aromatic carbocycles. The standard InChI is InChI=1S/C33H53O9P/c1-19(2)7-6-8-20(3)23-11-12-24-22-10-9-21-17-33(38,16-15-31(21,4)25(22)13-14-32(23,24)5)43(39,40)42-29-27(36)30(37)41-28(29)26(35)18-34/h9,19-20,22-26,28,34-36,38H,6-8,10-18H2,1-5H3,(H,39,40)/t20-,22?,23-,24?,25?,26+,28-,31+,32-,33?/m1/s1. The minimum atomic E-state index is -4.90. The average Bonchev–Trinajstić information content (AvgIpc) is 3.44. The highest BCUT2D eigenvalue weighted by Crippen LogP contribution is 2.71. The summed E-state index contributed by atoms with van der Waals surface area (Å²) in [5.74, 6) is 0.877. The Morgan fingerprint density at radius 2 is 1.81 bits per heavy atom. The van der Waals surface area contributed by atoms with E-state index in [1.165, 1.54) is 38.5 Å². The average molecular weight is 625 g/mol. The van der Waals surface area contributed by atoms with Gasteiger partial charge in [0.1, 0.15) is 6.10 Å². The lowest BCUT2D eigenvalue weighted by atomic mass is 9.47. The first kappa shape index (κ1) is 33.0. The van der Waals surface area contributed by atoms with Crippen molar-refractivity contribution in [3.05, 3.63) is 23.2 Å². The van der Waals surface area contributed by atoms with Gasteiger partial charge in [0.2, 0.25) is 5.76 Å². The zero-order valence-electron chi connectivity index (χ0n) is 26.5. The molecule has 0 aromatic heterocycles. The van der Waals surface area contributed by atoms with E-state index in [-0.39, 0.29) is 18.3 Å². The van der Waals surface area contributed by atoms with Gasteiger partial charge in [0, 0.05) is 6.42 Å². The number of hydrogen-bond acceptors (Lipinski definition) is 8. The third-order valence-corrected chi connectivity index (χ3v) is 14.4. The summed E-state index contributed by atoms with van der Waals surface area (Å²) in [6.07, 6.45) is 9.06. The Morgan fingerprint density at radius 1 is 1.09 bits per heavy atom. The number of allylic oxidation sites excluding steroid dienone is 1. The molecular weight excluding hydrogens is 571 g/mol. The van der Waals surface area contributed by atoms with Crippen molar-refractivity contribution >= 4 is 13.6 Å². The van der Waals surface area contributed by atoms with Crippen LogP contribution >= 0.6 is 7.60 Å². The number of ether oxygens (including phenoxy) is 1. The number of esters is 1. The summed E-state index contributed by atoms with van der Waals surface area (Å²) in [5.41, 5.74) is 1.13. The number of fused-ring (bicyclic) bond motifs is 5. The predicted octanol–water partition coefficient (Wildman–Crippen LogP) is 5.97. The maximum Gasteiger partial charge on any atom is 0.408 e. The molecule has 0 saturated heterocycles. The highest BCUT2D eigenvalue weighted by Gasteiger charge is 2.63. The second kappa shape index (κ2) is 11.8. The van der Waals surface area contributed by atoms with Gasteiger partial charge in [0.15, 0.2) is 17.2 Å². The van der Waals surface area contributed by atoms with Gasteiger partial charge in [-0.05, 0) is 91.3 Å². The maximum atomic E-state index is 13.6. The lowest BCUT2D eigenvalue weighted by Gasteiger charge is -2.59. The van der Waals surface area contributed by atoms with Gasteiger partial charge < -0.3 is 34.6 Å². The third-order valence-electron chi connectivity index (χ3n) is 12.5. The van der Waals surface area contributed by atoms with Crippen molar-refractivity contribution in [3.8, 4) is 0 Å². The van der Waals surface area contributed by atoms with E-state index in [0.717, 1.165) is 36.2 Å². The Morgan fingerprint density at radius 3 is 2.49 bits per heavy atom. The van der Waals surface area contributed by atoms with Gasteiger partial charge in [-0.2, -0.15) is 0 Å². The lowest BCUT2D eigenvalue weighted by Crippen LogP contribution is -2.52. The molecule has 4 aliphatic carbocycles. The summed E-state index contributed by atoms with van der Waals surface area (Å²) in [7, 11) is -4.90. The Balaban J connectivity index is 1.32. The largest absolute Gasteiger partial charge is 0.499 e. The fraction of sp³-hybridized carbons (Fsp3) is 0.848. The van der Waals surface area contributed by atoms with Crippen molar-refractivity contribution in [1.29, 1.82) is 0 Å². The van der Waals surface area contributed by atoms with E-state index in [1.807, 2.05) is 0 Å². The van der Waals surface area contributed by atoms with E-state index in [0.29, 0.717) is 29.6 Å². The predicted molar refractivity (Wildman–Crippen MR) is 162 cm³/mol. The monoisotopic (exact) mass is 624 g/mol. The second-order valence-corrected chi connectivity index (χ2v) is 17.4. The smallest absolute Gasteiger partial charge is 0.408 e. The van der Waals surface area contributed by atoms with Crippen LogP contribution in [0.3, 0.4) is 0 Å². The van der Waals surface area contributed by atoms with E-state index in [1.54, 1.807) is 0 Å². The van der Waals surface area contributed by atoms with Crippen LogP contribution in [0.2, 0.25) is 0 Å². The lowest BCUT2D eigenvalue weighted by molar-refractivity contribution is -0.147. The molecule has 244 valence electrons. The fourth-order valence-corrected chi connectivity index (χ4v) is 11.4. The highest BCUT2D eigenvalue weighted by atomic mass is 31.2. The molecule has 3 saturated carbocycles. The summed E-state index contributed by atoms with van der Waals surface area (Å²) in [5, 5.41) is 39.0. The van der Waals surface area contributed by atoms with E-state index in [2.05, 4.69) is 40.7 Å². The topological polar surface area (TPSA) is 154 Å². The first-order valence-electron chi connectivity index (χ1n) is 16.5.